The molecule has 0 unspecified atom stereocenters. The molecule has 0 atom stereocenters. The summed E-state index contributed by atoms with van der Waals surface area (Å²) < 4.78 is 0. The number of aromatic nitrogens is 1. The smallest absolute Gasteiger partial charge is 0.185 e. The zero-order valence-corrected chi connectivity index (χ0v) is 9.60. The topological polar surface area (TPSA) is 42.1 Å². The number of hydrogen-bond donors (Lipinski definition) is 1. The molecule has 0 aromatic carbocycles. The number of thiazole rings is 1. The van der Waals surface area contributed by atoms with Gasteiger partial charge in [-0.15, -0.1) is 11.3 Å². The molecule has 1 saturated heterocycles. The van der Waals surface area contributed by atoms with Crippen molar-refractivity contribution in [3.05, 3.63) is 11.1 Å². The van der Waals surface area contributed by atoms with E-state index in [9.17, 15) is 0 Å². The van der Waals surface area contributed by atoms with E-state index in [0.29, 0.717) is 0 Å². The first-order valence-electron chi connectivity index (χ1n) is 5.07. The van der Waals surface area contributed by atoms with E-state index >= 15 is 0 Å². The molecule has 1 aromatic rings. The van der Waals surface area contributed by atoms with E-state index < -0.39 is 0 Å². The fraction of sp³-hybridized carbons (Fsp3) is 0.700. The van der Waals surface area contributed by atoms with E-state index in [1.54, 1.807) is 11.3 Å². The highest BCUT2D eigenvalue weighted by Crippen LogP contribution is 2.27. The lowest BCUT2D eigenvalue weighted by Crippen LogP contribution is -2.29. The van der Waals surface area contributed by atoms with Crippen LogP contribution < -0.4 is 10.6 Å². The zero-order valence-electron chi connectivity index (χ0n) is 8.79. The van der Waals surface area contributed by atoms with Gasteiger partial charge >= 0.3 is 0 Å². The van der Waals surface area contributed by atoms with Gasteiger partial charge in [-0.3, -0.25) is 0 Å². The predicted octanol–water partition coefficient (Wildman–Crippen LogP) is 1.94. The average molecular weight is 211 g/mol. The summed E-state index contributed by atoms with van der Waals surface area (Å²) >= 11 is 1.71. The standard InChI is InChI=1S/C10H17N3S/c1-10(2,11)8-7-14-9(12-8)13-5-3-4-6-13/h7H,3-6,11H2,1-2H3. The van der Waals surface area contributed by atoms with E-state index in [1.165, 1.54) is 12.8 Å². The summed E-state index contributed by atoms with van der Waals surface area (Å²) in [5.74, 6) is 0. The Bertz CT molecular complexity index is 307. The molecule has 1 aromatic heterocycles. The number of rotatable bonds is 2. The Kier molecular flexibility index (Phi) is 2.49. The summed E-state index contributed by atoms with van der Waals surface area (Å²) in [6, 6.07) is 0. The van der Waals surface area contributed by atoms with Gasteiger partial charge in [0.1, 0.15) is 0 Å². The summed E-state index contributed by atoms with van der Waals surface area (Å²) in [4.78, 5) is 6.93. The van der Waals surface area contributed by atoms with Crippen molar-refractivity contribution in [3.63, 3.8) is 0 Å². The summed E-state index contributed by atoms with van der Waals surface area (Å²) in [5, 5.41) is 3.21. The van der Waals surface area contributed by atoms with Crippen LogP contribution in [0.25, 0.3) is 0 Å². The van der Waals surface area contributed by atoms with E-state index in [2.05, 4.69) is 15.3 Å². The van der Waals surface area contributed by atoms with E-state index in [0.717, 1.165) is 23.9 Å². The first-order chi connectivity index (χ1) is 6.57. The van der Waals surface area contributed by atoms with Crippen molar-refractivity contribution in [1.29, 1.82) is 0 Å². The third-order valence-electron chi connectivity index (χ3n) is 2.53. The van der Waals surface area contributed by atoms with Crippen LogP contribution in [0.3, 0.4) is 0 Å². The number of anilines is 1. The van der Waals surface area contributed by atoms with Gasteiger partial charge in [-0.25, -0.2) is 4.98 Å². The minimum atomic E-state index is -0.311. The van der Waals surface area contributed by atoms with Crippen molar-refractivity contribution in [2.75, 3.05) is 18.0 Å². The molecule has 2 heterocycles. The SMILES string of the molecule is CC(C)(N)c1csc(N2CCCC2)n1. The highest BCUT2D eigenvalue weighted by atomic mass is 32.1. The van der Waals surface area contributed by atoms with E-state index in [-0.39, 0.29) is 5.54 Å². The van der Waals surface area contributed by atoms with Gasteiger partial charge in [-0.2, -0.15) is 0 Å². The van der Waals surface area contributed by atoms with Crippen LogP contribution in [-0.4, -0.2) is 18.1 Å². The van der Waals surface area contributed by atoms with Gasteiger partial charge in [-0.05, 0) is 26.7 Å². The van der Waals surface area contributed by atoms with Crippen LogP contribution in [-0.2, 0) is 5.54 Å². The van der Waals surface area contributed by atoms with Crippen molar-refractivity contribution >= 4 is 16.5 Å². The number of hydrogen-bond acceptors (Lipinski definition) is 4. The molecule has 0 spiro atoms. The van der Waals surface area contributed by atoms with Crippen molar-refractivity contribution in [2.24, 2.45) is 5.73 Å². The summed E-state index contributed by atoms with van der Waals surface area (Å²) in [6.45, 7) is 6.29. The highest BCUT2D eigenvalue weighted by molar-refractivity contribution is 7.13. The molecular weight excluding hydrogens is 194 g/mol. The molecule has 0 bridgehead atoms. The molecule has 78 valence electrons. The second-order valence-electron chi connectivity index (χ2n) is 4.43. The zero-order chi connectivity index (χ0) is 10.2. The van der Waals surface area contributed by atoms with Crippen LogP contribution in [0.1, 0.15) is 32.4 Å². The average Bonchev–Trinajstić information content (AvgIpc) is 2.73. The second-order valence-corrected chi connectivity index (χ2v) is 5.27. The Labute approximate surface area is 88.9 Å². The van der Waals surface area contributed by atoms with Gasteiger partial charge in [0, 0.05) is 18.5 Å². The lowest BCUT2D eigenvalue weighted by molar-refractivity contribution is 0.538. The van der Waals surface area contributed by atoms with Gasteiger partial charge in [-0.1, -0.05) is 0 Å². The molecule has 2 rings (SSSR count). The Hall–Kier alpha value is -0.610. The first-order valence-corrected chi connectivity index (χ1v) is 5.95. The van der Waals surface area contributed by atoms with Crippen LogP contribution in [0.2, 0.25) is 0 Å². The van der Waals surface area contributed by atoms with E-state index in [4.69, 9.17) is 5.73 Å². The van der Waals surface area contributed by atoms with Gasteiger partial charge in [0.25, 0.3) is 0 Å². The maximum atomic E-state index is 5.99. The number of nitrogens with two attached hydrogens (primary N) is 1. The fourth-order valence-electron chi connectivity index (χ4n) is 1.61. The Morgan fingerprint density at radius 3 is 2.57 bits per heavy atom. The lowest BCUT2D eigenvalue weighted by Gasteiger charge is -2.16. The predicted molar refractivity (Wildman–Crippen MR) is 60.8 cm³/mol. The monoisotopic (exact) mass is 211 g/mol. The van der Waals surface area contributed by atoms with Crippen molar-refractivity contribution in [3.8, 4) is 0 Å². The van der Waals surface area contributed by atoms with E-state index in [1.807, 2.05) is 13.8 Å². The normalized spacial score (nSPS) is 17.8. The van der Waals surface area contributed by atoms with Gasteiger partial charge in [0.15, 0.2) is 5.13 Å². The van der Waals surface area contributed by atoms with Gasteiger partial charge in [0.2, 0.25) is 0 Å². The van der Waals surface area contributed by atoms with Crippen LogP contribution in [0, 0.1) is 0 Å². The van der Waals surface area contributed by atoms with Crippen LogP contribution >= 0.6 is 11.3 Å². The van der Waals surface area contributed by atoms with Gasteiger partial charge in [0.05, 0.1) is 11.2 Å². The summed E-state index contributed by atoms with van der Waals surface area (Å²) in [6.07, 6.45) is 2.59. The Morgan fingerprint density at radius 2 is 2.07 bits per heavy atom. The molecule has 1 aliphatic heterocycles. The minimum Gasteiger partial charge on any atom is -0.348 e. The molecule has 14 heavy (non-hydrogen) atoms. The molecule has 2 N–H and O–H groups in total. The molecule has 3 nitrogen and oxygen atoms in total. The quantitative estimate of drug-likeness (QED) is 0.813. The number of nitrogens with zero attached hydrogens (tertiary/aromatic N) is 2. The molecule has 1 aliphatic rings. The van der Waals surface area contributed by atoms with Crippen molar-refractivity contribution < 1.29 is 0 Å². The molecular formula is C10H17N3S. The Balaban J connectivity index is 2.17. The third-order valence-corrected chi connectivity index (χ3v) is 3.43. The maximum absolute atomic E-state index is 5.99. The summed E-state index contributed by atoms with van der Waals surface area (Å²) in [7, 11) is 0. The second kappa shape index (κ2) is 3.51. The largest absolute Gasteiger partial charge is 0.348 e. The fourth-order valence-corrected chi connectivity index (χ4v) is 2.67. The Morgan fingerprint density at radius 1 is 1.43 bits per heavy atom. The first kappa shape index (κ1) is 9.93. The molecule has 0 saturated carbocycles. The maximum Gasteiger partial charge on any atom is 0.185 e. The van der Waals surface area contributed by atoms with Crippen LogP contribution in [0.4, 0.5) is 5.13 Å². The molecule has 0 aliphatic carbocycles. The van der Waals surface area contributed by atoms with Crippen LogP contribution in [0.5, 0.6) is 0 Å². The third kappa shape index (κ3) is 1.91. The molecule has 1 fully saturated rings. The minimum absolute atomic E-state index is 0.311. The highest BCUT2D eigenvalue weighted by Gasteiger charge is 2.21. The lowest BCUT2D eigenvalue weighted by atomic mass is 10.0. The molecule has 0 amide bonds. The van der Waals surface area contributed by atoms with Crippen molar-refractivity contribution in [1.82, 2.24) is 4.98 Å². The van der Waals surface area contributed by atoms with Crippen LogP contribution in [0.15, 0.2) is 5.38 Å². The molecule has 0 radical (unpaired) electrons. The van der Waals surface area contributed by atoms with Gasteiger partial charge < -0.3 is 10.6 Å². The molecule has 4 heteroatoms. The summed E-state index contributed by atoms with van der Waals surface area (Å²) in [5.41, 5.74) is 6.69. The van der Waals surface area contributed by atoms with Crippen molar-refractivity contribution in [2.45, 2.75) is 32.2 Å².